The van der Waals surface area contributed by atoms with Crippen molar-refractivity contribution in [2.75, 3.05) is 20.1 Å². The average molecular weight is 328 g/mol. The van der Waals surface area contributed by atoms with Crippen molar-refractivity contribution in [1.82, 2.24) is 14.2 Å². The molecule has 1 aliphatic rings. The van der Waals surface area contributed by atoms with E-state index in [-0.39, 0.29) is 22.3 Å². The first-order valence-electron chi connectivity index (χ1n) is 7.24. The molecule has 0 spiro atoms. The molecule has 0 bridgehead atoms. The molecule has 0 aliphatic carbocycles. The zero-order valence-corrected chi connectivity index (χ0v) is 14.3. The van der Waals surface area contributed by atoms with Gasteiger partial charge in [-0.2, -0.15) is 4.31 Å². The number of sulfonamides is 1. The maximum atomic E-state index is 12.8. The molecule has 1 aromatic heterocycles. The Hall–Kier alpha value is -1.38. The normalized spacial score (nSPS) is 22.5. The van der Waals surface area contributed by atoms with Gasteiger partial charge in [-0.25, -0.2) is 8.42 Å². The number of nitrogens with two attached hydrogens (primary N) is 1. The zero-order chi connectivity index (χ0) is 16.7. The van der Waals surface area contributed by atoms with Gasteiger partial charge in [-0.05, 0) is 17.9 Å². The summed E-state index contributed by atoms with van der Waals surface area (Å²) in [6.45, 7) is 4.72. The molecule has 124 valence electrons. The molecule has 1 amide bonds. The molecule has 3 N–H and O–H groups in total. The van der Waals surface area contributed by atoms with Crippen molar-refractivity contribution < 1.29 is 13.2 Å². The summed E-state index contributed by atoms with van der Waals surface area (Å²) in [7, 11) is -0.459. The van der Waals surface area contributed by atoms with Gasteiger partial charge in [-0.15, -0.1) is 0 Å². The lowest BCUT2D eigenvalue weighted by Gasteiger charge is -2.41. The van der Waals surface area contributed by atoms with E-state index in [9.17, 15) is 13.2 Å². The first-order valence-corrected chi connectivity index (χ1v) is 8.68. The summed E-state index contributed by atoms with van der Waals surface area (Å²) in [5.74, 6) is -0.315. The number of aryl methyl sites for hydroxylation is 1. The van der Waals surface area contributed by atoms with E-state index >= 15 is 0 Å². The van der Waals surface area contributed by atoms with Crippen molar-refractivity contribution in [3.63, 3.8) is 0 Å². The number of nitrogens with zero attached hydrogens (tertiary/aromatic N) is 2. The van der Waals surface area contributed by atoms with Crippen LogP contribution in [0.4, 0.5) is 0 Å². The third kappa shape index (κ3) is 2.90. The smallest absolute Gasteiger partial charge is 0.267 e. The number of amides is 1. The van der Waals surface area contributed by atoms with E-state index in [2.05, 4.69) is 5.32 Å². The Morgan fingerprint density at radius 3 is 2.64 bits per heavy atom. The van der Waals surface area contributed by atoms with Crippen molar-refractivity contribution in [1.29, 1.82) is 0 Å². The Morgan fingerprint density at radius 1 is 1.45 bits per heavy atom. The van der Waals surface area contributed by atoms with Crippen LogP contribution in [-0.4, -0.2) is 49.4 Å². The summed E-state index contributed by atoms with van der Waals surface area (Å²) in [6, 6.07) is 1.39. The molecule has 0 aromatic carbocycles. The van der Waals surface area contributed by atoms with Crippen LogP contribution in [0.15, 0.2) is 17.2 Å². The monoisotopic (exact) mass is 328 g/mol. The lowest BCUT2D eigenvalue weighted by atomic mass is 9.81. The topological polar surface area (TPSA) is 97.4 Å². The number of nitrogens with one attached hydrogen (secondary N) is 1. The highest BCUT2D eigenvalue weighted by molar-refractivity contribution is 7.89. The quantitative estimate of drug-likeness (QED) is 0.824. The highest BCUT2D eigenvalue weighted by Gasteiger charge is 2.39. The molecule has 1 aromatic rings. The molecule has 1 aliphatic heterocycles. The minimum Gasteiger partial charge on any atom is -0.354 e. The third-order valence-corrected chi connectivity index (χ3v) is 6.16. The molecule has 7 nitrogen and oxygen atoms in total. The molecule has 0 radical (unpaired) electrons. The van der Waals surface area contributed by atoms with E-state index in [0.717, 1.165) is 0 Å². The SMILES string of the molecule is CNC(=O)c1cc(S(=O)(=O)N2CCC(N)C(C)(C)C2)cn1C. The summed E-state index contributed by atoms with van der Waals surface area (Å²) >= 11 is 0. The molecule has 2 heterocycles. The van der Waals surface area contributed by atoms with Gasteiger partial charge in [0.2, 0.25) is 10.0 Å². The van der Waals surface area contributed by atoms with Crippen LogP contribution in [0.2, 0.25) is 0 Å². The van der Waals surface area contributed by atoms with Gasteiger partial charge in [-0.1, -0.05) is 13.8 Å². The van der Waals surface area contributed by atoms with Gasteiger partial charge in [-0.3, -0.25) is 4.79 Å². The number of carbonyl (C=O) groups is 1. The van der Waals surface area contributed by atoms with E-state index in [1.807, 2.05) is 13.8 Å². The number of aromatic nitrogens is 1. The van der Waals surface area contributed by atoms with Gasteiger partial charge < -0.3 is 15.6 Å². The van der Waals surface area contributed by atoms with Gasteiger partial charge in [0.25, 0.3) is 5.91 Å². The highest BCUT2D eigenvalue weighted by atomic mass is 32.2. The summed E-state index contributed by atoms with van der Waals surface area (Å²) < 4.78 is 28.6. The van der Waals surface area contributed by atoms with Crippen LogP contribution in [0.5, 0.6) is 0 Å². The summed E-state index contributed by atoms with van der Waals surface area (Å²) in [4.78, 5) is 11.9. The molecule has 22 heavy (non-hydrogen) atoms. The molecule has 1 saturated heterocycles. The summed E-state index contributed by atoms with van der Waals surface area (Å²) in [5.41, 5.74) is 6.10. The molecule has 8 heteroatoms. The van der Waals surface area contributed by atoms with Crippen LogP contribution in [0.1, 0.15) is 30.8 Å². The number of hydrogen-bond donors (Lipinski definition) is 2. The van der Waals surface area contributed by atoms with E-state index in [1.165, 1.54) is 28.2 Å². The fraction of sp³-hybridized carbons (Fsp3) is 0.643. The van der Waals surface area contributed by atoms with E-state index in [0.29, 0.717) is 25.2 Å². The molecule has 1 unspecified atom stereocenters. The van der Waals surface area contributed by atoms with Gasteiger partial charge in [0.1, 0.15) is 10.6 Å². The lowest BCUT2D eigenvalue weighted by Crippen LogP contribution is -2.53. The fourth-order valence-electron chi connectivity index (χ4n) is 2.71. The average Bonchev–Trinajstić information content (AvgIpc) is 2.83. The first kappa shape index (κ1) is 17.0. The Morgan fingerprint density at radius 2 is 2.09 bits per heavy atom. The molecule has 0 saturated carbocycles. The predicted molar refractivity (Wildman–Crippen MR) is 83.9 cm³/mol. The molecule has 2 rings (SSSR count). The molecule has 1 fully saturated rings. The van der Waals surface area contributed by atoms with E-state index in [4.69, 9.17) is 5.73 Å². The number of carbonyl (C=O) groups excluding carboxylic acids is 1. The maximum absolute atomic E-state index is 12.8. The van der Waals surface area contributed by atoms with Crippen molar-refractivity contribution in [2.45, 2.75) is 31.2 Å². The first-order chi connectivity index (χ1) is 10.1. The minimum atomic E-state index is -3.62. The van der Waals surface area contributed by atoms with Gasteiger partial charge in [0, 0.05) is 39.4 Å². The Bertz CT molecular complexity index is 678. The van der Waals surface area contributed by atoms with Crippen LogP contribution in [0, 0.1) is 5.41 Å². The van der Waals surface area contributed by atoms with Crippen molar-refractivity contribution in [3.05, 3.63) is 18.0 Å². The second-order valence-corrected chi connectivity index (χ2v) is 8.41. The van der Waals surface area contributed by atoms with Gasteiger partial charge in [0.15, 0.2) is 0 Å². The van der Waals surface area contributed by atoms with E-state index < -0.39 is 10.0 Å². The largest absolute Gasteiger partial charge is 0.354 e. The standard InChI is InChI=1S/C14H24N4O3S/c1-14(2)9-18(6-5-12(14)15)22(20,21)10-7-11(13(19)16-3)17(4)8-10/h7-8,12H,5-6,9,15H2,1-4H3,(H,16,19). The second kappa shape index (κ2) is 5.68. The summed E-state index contributed by atoms with van der Waals surface area (Å²) in [6.07, 6.45) is 2.10. The van der Waals surface area contributed by atoms with Crippen molar-refractivity contribution in [2.24, 2.45) is 18.2 Å². The maximum Gasteiger partial charge on any atom is 0.267 e. The minimum absolute atomic E-state index is 0.0175. The molecule has 1 atom stereocenters. The zero-order valence-electron chi connectivity index (χ0n) is 13.5. The highest BCUT2D eigenvalue weighted by Crippen LogP contribution is 2.31. The third-order valence-electron chi connectivity index (χ3n) is 4.35. The Balaban J connectivity index is 2.34. The van der Waals surface area contributed by atoms with E-state index in [1.54, 1.807) is 7.05 Å². The van der Waals surface area contributed by atoms with Crippen LogP contribution >= 0.6 is 0 Å². The van der Waals surface area contributed by atoms with Crippen LogP contribution in [-0.2, 0) is 17.1 Å². The Labute approximate surface area is 131 Å². The number of rotatable bonds is 3. The van der Waals surface area contributed by atoms with Crippen molar-refractivity contribution >= 4 is 15.9 Å². The van der Waals surface area contributed by atoms with Crippen LogP contribution < -0.4 is 11.1 Å². The predicted octanol–water partition coefficient (Wildman–Crippen LogP) is 0.133. The molecular weight excluding hydrogens is 304 g/mol. The lowest BCUT2D eigenvalue weighted by molar-refractivity contribution is 0.0955. The Kier molecular flexibility index (Phi) is 4.38. The molecular formula is C14H24N4O3S. The summed E-state index contributed by atoms with van der Waals surface area (Å²) in [5, 5.41) is 2.50. The van der Waals surface area contributed by atoms with Gasteiger partial charge >= 0.3 is 0 Å². The number of piperidine rings is 1. The van der Waals surface area contributed by atoms with Crippen LogP contribution in [0.3, 0.4) is 0 Å². The van der Waals surface area contributed by atoms with Crippen molar-refractivity contribution in [3.8, 4) is 0 Å². The van der Waals surface area contributed by atoms with Crippen LogP contribution in [0.25, 0.3) is 0 Å². The fourth-order valence-corrected chi connectivity index (χ4v) is 4.41. The number of hydrogen-bond acceptors (Lipinski definition) is 4. The second-order valence-electron chi connectivity index (χ2n) is 6.47. The van der Waals surface area contributed by atoms with Gasteiger partial charge in [0.05, 0.1) is 0 Å².